The molecule has 214 valence electrons. The van der Waals surface area contributed by atoms with Gasteiger partial charge in [0.15, 0.2) is 5.82 Å². The number of piperidine rings is 1. The minimum absolute atomic E-state index is 0.105. The quantitative estimate of drug-likeness (QED) is 0.232. The fourth-order valence-corrected chi connectivity index (χ4v) is 5.71. The minimum atomic E-state index is -0.305. The zero-order valence-corrected chi connectivity index (χ0v) is 23.4. The van der Waals surface area contributed by atoms with Gasteiger partial charge in [-0.3, -0.25) is 9.97 Å². The van der Waals surface area contributed by atoms with Crippen molar-refractivity contribution in [1.82, 2.24) is 24.6 Å². The Kier molecular flexibility index (Phi) is 7.12. The summed E-state index contributed by atoms with van der Waals surface area (Å²) in [6, 6.07) is 24.2. The first-order valence-corrected chi connectivity index (χ1v) is 14.3. The number of carbonyl (C=O) groups excluding carboxylic acids is 1. The fraction of sp³-hybridized carbons (Fsp3) is 0.176. The maximum atomic E-state index is 13.9. The minimum Gasteiger partial charge on any atom is -0.445 e. The number of nitrogens with zero attached hydrogens (tertiary/aromatic N) is 5. The van der Waals surface area contributed by atoms with Gasteiger partial charge in [0.1, 0.15) is 12.4 Å². The van der Waals surface area contributed by atoms with Crippen LogP contribution in [-0.2, 0) is 11.3 Å². The van der Waals surface area contributed by atoms with Gasteiger partial charge >= 0.3 is 6.09 Å². The van der Waals surface area contributed by atoms with Crippen LogP contribution in [0.15, 0.2) is 104 Å². The highest BCUT2D eigenvalue weighted by atomic mass is 19.1. The summed E-state index contributed by atoms with van der Waals surface area (Å²) in [6.07, 6.45) is 8.43. The Hall–Kier alpha value is -5.31. The molecule has 0 atom stereocenters. The van der Waals surface area contributed by atoms with E-state index in [1.807, 2.05) is 65.6 Å². The lowest BCUT2D eigenvalue weighted by Crippen LogP contribution is -2.42. The van der Waals surface area contributed by atoms with Crippen LogP contribution in [-0.4, -0.2) is 49.9 Å². The van der Waals surface area contributed by atoms with Crippen LogP contribution in [0.5, 0.6) is 0 Å². The normalized spacial score (nSPS) is 13.8. The monoisotopic (exact) mass is 572 g/mol. The lowest BCUT2D eigenvalue weighted by atomic mass is 9.97. The van der Waals surface area contributed by atoms with Gasteiger partial charge < -0.3 is 15.0 Å². The Morgan fingerprint density at radius 3 is 2.44 bits per heavy atom. The van der Waals surface area contributed by atoms with Crippen molar-refractivity contribution in [2.75, 3.05) is 18.4 Å². The molecule has 3 aromatic heterocycles. The van der Waals surface area contributed by atoms with Gasteiger partial charge in [0.25, 0.3) is 0 Å². The van der Waals surface area contributed by atoms with E-state index in [0.717, 1.165) is 62.7 Å². The topological polar surface area (TPSA) is 85.2 Å². The smallest absolute Gasteiger partial charge is 0.410 e. The first-order valence-electron chi connectivity index (χ1n) is 14.3. The maximum absolute atomic E-state index is 13.9. The summed E-state index contributed by atoms with van der Waals surface area (Å²) in [5.41, 5.74) is 4.60. The molecule has 0 unspecified atom stereocenters. The average molecular weight is 573 g/mol. The number of pyridine rings is 2. The maximum Gasteiger partial charge on any atom is 0.410 e. The molecule has 3 aromatic carbocycles. The second-order valence-electron chi connectivity index (χ2n) is 10.7. The number of halogens is 1. The first-order chi connectivity index (χ1) is 21.1. The molecule has 1 saturated heterocycles. The van der Waals surface area contributed by atoms with Gasteiger partial charge in [-0.25, -0.2) is 13.9 Å². The summed E-state index contributed by atoms with van der Waals surface area (Å²) in [5, 5.41) is 11.6. The predicted molar refractivity (Wildman–Crippen MR) is 164 cm³/mol. The van der Waals surface area contributed by atoms with E-state index in [0.29, 0.717) is 13.1 Å². The van der Waals surface area contributed by atoms with Crippen LogP contribution in [0, 0.1) is 5.82 Å². The van der Waals surface area contributed by atoms with Crippen LogP contribution in [0.1, 0.15) is 18.4 Å². The molecule has 6 aromatic rings. The first kappa shape index (κ1) is 26.6. The second-order valence-corrected chi connectivity index (χ2v) is 10.7. The molecular formula is C34H29FN6O2. The van der Waals surface area contributed by atoms with Gasteiger partial charge in [0.2, 0.25) is 0 Å². The highest BCUT2D eigenvalue weighted by Crippen LogP contribution is 2.38. The molecule has 7 rings (SSSR count). The highest BCUT2D eigenvalue weighted by Gasteiger charge is 2.26. The summed E-state index contributed by atoms with van der Waals surface area (Å²) in [5.74, 6) is 0.425. The number of likely N-dealkylation sites (tertiary alicyclic amines) is 1. The van der Waals surface area contributed by atoms with Crippen molar-refractivity contribution < 1.29 is 13.9 Å². The van der Waals surface area contributed by atoms with Crippen LogP contribution in [0.4, 0.5) is 15.0 Å². The number of fused-ring (bicyclic) bond motifs is 3. The van der Waals surface area contributed by atoms with Crippen LogP contribution in [0.2, 0.25) is 0 Å². The molecule has 1 aliphatic rings. The van der Waals surface area contributed by atoms with E-state index < -0.39 is 0 Å². The van der Waals surface area contributed by atoms with Crippen molar-refractivity contribution in [1.29, 1.82) is 0 Å². The molecule has 8 nitrogen and oxygen atoms in total. The third kappa shape index (κ3) is 5.37. The third-order valence-corrected chi connectivity index (χ3v) is 7.92. The summed E-state index contributed by atoms with van der Waals surface area (Å²) >= 11 is 0. The molecule has 0 aliphatic carbocycles. The largest absolute Gasteiger partial charge is 0.445 e. The van der Waals surface area contributed by atoms with E-state index in [1.54, 1.807) is 29.4 Å². The van der Waals surface area contributed by atoms with Crippen molar-refractivity contribution in [3.05, 3.63) is 115 Å². The summed E-state index contributed by atoms with van der Waals surface area (Å²) in [4.78, 5) is 23.2. The SMILES string of the molecule is O=C(OCc1ccccc1)N1CCC(Nc2nn(-c3ccc(F)cc3)c3c2cc(-c2cccnc2)c2cnccc23)CC1. The average Bonchev–Trinajstić information content (AvgIpc) is 3.43. The zero-order chi connectivity index (χ0) is 29.2. The predicted octanol–water partition coefficient (Wildman–Crippen LogP) is 6.99. The van der Waals surface area contributed by atoms with Crippen molar-refractivity contribution in [3.8, 4) is 16.8 Å². The number of hydrogen-bond acceptors (Lipinski definition) is 6. The van der Waals surface area contributed by atoms with E-state index in [4.69, 9.17) is 9.84 Å². The molecule has 0 saturated carbocycles. The number of nitrogens with one attached hydrogen (secondary N) is 1. The summed E-state index contributed by atoms with van der Waals surface area (Å²) < 4.78 is 21.3. The van der Waals surface area contributed by atoms with Crippen LogP contribution in [0.3, 0.4) is 0 Å². The van der Waals surface area contributed by atoms with Crippen molar-refractivity contribution in [2.45, 2.75) is 25.5 Å². The third-order valence-electron chi connectivity index (χ3n) is 7.92. The molecular weight excluding hydrogens is 543 g/mol. The Morgan fingerprint density at radius 2 is 1.67 bits per heavy atom. The molecule has 1 fully saturated rings. The molecule has 1 aliphatic heterocycles. The molecule has 1 N–H and O–H groups in total. The number of amides is 1. The van der Waals surface area contributed by atoms with Gasteiger partial charge in [0, 0.05) is 65.6 Å². The molecule has 9 heteroatoms. The molecule has 0 spiro atoms. The molecule has 43 heavy (non-hydrogen) atoms. The van der Waals surface area contributed by atoms with E-state index in [9.17, 15) is 9.18 Å². The fourth-order valence-electron chi connectivity index (χ4n) is 5.71. The number of aromatic nitrogens is 4. The number of carbonyl (C=O) groups is 1. The number of rotatable bonds is 6. The Morgan fingerprint density at radius 1 is 0.884 bits per heavy atom. The van der Waals surface area contributed by atoms with Crippen molar-refractivity contribution in [3.63, 3.8) is 0 Å². The van der Waals surface area contributed by atoms with Gasteiger partial charge in [-0.15, -0.1) is 5.10 Å². The highest BCUT2D eigenvalue weighted by molar-refractivity contribution is 6.15. The Bertz CT molecular complexity index is 1890. The number of benzene rings is 3. The zero-order valence-electron chi connectivity index (χ0n) is 23.4. The van der Waals surface area contributed by atoms with Crippen LogP contribution in [0.25, 0.3) is 38.5 Å². The molecule has 1 amide bonds. The summed E-state index contributed by atoms with van der Waals surface area (Å²) in [7, 11) is 0. The summed E-state index contributed by atoms with van der Waals surface area (Å²) in [6.45, 7) is 1.42. The number of ether oxygens (including phenoxy) is 1. The van der Waals surface area contributed by atoms with Crippen molar-refractivity contribution in [2.24, 2.45) is 0 Å². The number of hydrogen-bond donors (Lipinski definition) is 1. The molecule has 4 heterocycles. The second kappa shape index (κ2) is 11.5. The van der Waals surface area contributed by atoms with Gasteiger partial charge in [-0.05, 0) is 66.4 Å². The lowest BCUT2D eigenvalue weighted by Gasteiger charge is -2.31. The number of anilines is 1. The van der Waals surface area contributed by atoms with Gasteiger partial charge in [-0.2, -0.15) is 0 Å². The Balaban J connectivity index is 1.20. The lowest BCUT2D eigenvalue weighted by molar-refractivity contribution is 0.0881. The van der Waals surface area contributed by atoms with E-state index in [1.165, 1.54) is 12.1 Å². The molecule has 0 bridgehead atoms. The van der Waals surface area contributed by atoms with E-state index >= 15 is 0 Å². The van der Waals surface area contributed by atoms with E-state index in [2.05, 4.69) is 21.4 Å². The van der Waals surface area contributed by atoms with Gasteiger partial charge in [-0.1, -0.05) is 36.4 Å². The van der Waals surface area contributed by atoms with Gasteiger partial charge in [0.05, 0.1) is 11.2 Å². The Labute approximate surface area is 247 Å². The molecule has 0 radical (unpaired) electrons. The van der Waals surface area contributed by atoms with E-state index in [-0.39, 0.29) is 24.6 Å². The standard InChI is InChI=1S/C34H29FN6O2/c35-25-8-10-27(11-9-25)41-32-28-12-16-37-21-31(28)29(24-7-4-15-36-20-24)19-30(32)33(39-41)38-26-13-17-40(18-14-26)34(42)43-22-23-5-2-1-3-6-23/h1-12,15-16,19-21,26H,13-14,17-18,22H2,(H,38,39). The van der Waals surface area contributed by atoms with Crippen LogP contribution >= 0.6 is 0 Å². The van der Waals surface area contributed by atoms with Crippen molar-refractivity contribution >= 4 is 33.6 Å². The van der Waals surface area contributed by atoms with Crippen LogP contribution < -0.4 is 5.32 Å².